The lowest BCUT2D eigenvalue weighted by Gasteiger charge is -2.09. The Morgan fingerprint density at radius 1 is 0.964 bits per heavy atom. The van der Waals surface area contributed by atoms with E-state index in [0.29, 0.717) is 17.8 Å². The molecule has 0 unspecified atom stereocenters. The Morgan fingerprint density at radius 2 is 1.57 bits per heavy atom. The molecule has 1 aromatic heterocycles. The first-order valence-corrected chi connectivity index (χ1v) is 9.28. The smallest absolute Gasteiger partial charge is 0.308 e. The summed E-state index contributed by atoms with van der Waals surface area (Å²) < 4.78 is 12.9. The number of hydrogen-bond acceptors (Lipinski definition) is 3. The van der Waals surface area contributed by atoms with Crippen LogP contribution < -0.4 is 10.6 Å². The maximum Gasteiger partial charge on any atom is 0.323 e. The SMILES string of the molecule is CCCc1nc(C)cc(Cc2ccc(NC(=O)Nc3ccc(F)cc3)cc2)n1. The van der Waals surface area contributed by atoms with E-state index in [9.17, 15) is 9.18 Å². The third kappa shape index (κ3) is 5.61. The lowest BCUT2D eigenvalue weighted by Crippen LogP contribution is -2.19. The molecule has 0 fully saturated rings. The number of anilines is 2. The number of carbonyl (C=O) groups excluding carboxylic acids is 1. The van der Waals surface area contributed by atoms with Crippen molar-refractivity contribution in [1.82, 2.24) is 9.97 Å². The zero-order chi connectivity index (χ0) is 19.9. The van der Waals surface area contributed by atoms with E-state index in [4.69, 9.17) is 0 Å². The van der Waals surface area contributed by atoms with Crippen molar-refractivity contribution in [3.8, 4) is 0 Å². The third-order valence-electron chi connectivity index (χ3n) is 4.13. The number of halogens is 1. The van der Waals surface area contributed by atoms with Crippen LogP contribution in [0.4, 0.5) is 20.6 Å². The van der Waals surface area contributed by atoms with Crippen molar-refractivity contribution >= 4 is 17.4 Å². The second-order valence-electron chi connectivity index (χ2n) is 6.63. The van der Waals surface area contributed by atoms with Gasteiger partial charge in [0.1, 0.15) is 11.6 Å². The van der Waals surface area contributed by atoms with Gasteiger partial charge in [-0.25, -0.2) is 19.2 Å². The normalized spacial score (nSPS) is 10.5. The molecule has 1 heterocycles. The van der Waals surface area contributed by atoms with Gasteiger partial charge >= 0.3 is 6.03 Å². The molecule has 2 amide bonds. The van der Waals surface area contributed by atoms with Crippen molar-refractivity contribution in [2.75, 3.05) is 10.6 Å². The third-order valence-corrected chi connectivity index (χ3v) is 4.13. The van der Waals surface area contributed by atoms with E-state index in [0.717, 1.165) is 35.6 Å². The van der Waals surface area contributed by atoms with Gasteiger partial charge in [-0.3, -0.25) is 0 Å². The second kappa shape index (κ2) is 9.08. The maximum absolute atomic E-state index is 12.9. The number of hydrogen-bond donors (Lipinski definition) is 2. The Balaban J connectivity index is 1.60. The van der Waals surface area contributed by atoms with Gasteiger partial charge < -0.3 is 10.6 Å². The summed E-state index contributed by atoms with van der Waals surface area (Å²) in [6.45, 7) is 4.10. The number of urea groups is 1. The standard InChI is InChI=1S/C22H23FN4O/c1-3-4-21-24-15(2)13-20(25-21)14-16-5-9-18(10-6-16)26-22(28)27-19-11-7-17(23)8-12-19/h5-13H,3-4,14H2,1-2H3,(H2,26,27,28). The van der Waals surface area contributed by atoms with E-state index in [1.165, 1.54) is 24.3 Å². The number of nitrogens with zero attached hydrogens (tertiary/aromatic N) is 2. The fraction of sp³-hybridized carbons (Fsp3) is 0.227. The Bertz CT molecular complexity index is 940. The van der Waals surface area contributed by atoms with Crippen molar-refractivity contribution < 1.29 is 9.18 Å². The molecular weight excluding hydrogens is 355 g/mol. The molecule has 0 aliphatic carbocycles. The Morgan fingerprint density at radius 3 is 2.18 bits per heavy atom. The minimum atomic E-state index is -0.380. The van der Waals surface area contributed by atoms with Gasteiger partial charge in [0.25, 0.3) is 0 Å². The van der Waals surface area contributed by atoms with Gasteiger partial charge in [0.2, 0.25) is 0 Å². The highest BCUT2D eigenvalue weighted by atomic mass is 19.1. The van der Waals surface area contributed by atoms with Gasteiger partial charge in [0.05, 0.1) is 0 Å². The number of aromatic nitrogens is 2. The van der Waals surface area contributed by atoms with Crippen LogP contribution in [-0.2, 0) is 12.8 Å². The quantitative estimate of drug-likeness (QED) is 0.626. The van der Waals surface area contributed by atoms with E-state index < -0.39 is 0 Å². The van der Waals surface area contributed by atoms with Gasteiger partial charge in [-0.15, -0.1) is 0 Å². The molecule has 0 aliphatic heterocycles. The van der Waals surface area contributed by atoms with Gasteiger partial charge in [-0.2, -0.15) is 0 Å². The molecule has 0 bridgehead atoms. The highest BCUT2D eigenvalue weighted by Crippen LogP contribution is 2.15. The Labute approximate surface area is 164 Å². The van der Waals surface area contributed by atoms with Crippen LogP contribution >= 0.6 is 0 Å². The number of rotatable bonds is 6. The van der Waals surface area contributed by atoms with Gasteiger partial charge in [0.15, 0.2) is 0 Å². The van der Waals surface area contributed by atoms with E-state index >= 15 is 0 Å². The Kier molecular flexibility index (Phi) is 6.32. The van der Waals surface area contributed by atoms with Crippen LogP contribution in [0.3, 0.4) is 0 Å². The predicted octanol–water partition coefficient (Wildman–Crippen LogP) is 5.11. The molecule has 0 atom stereocenters. The molecule has 0 saturated heterocycles. The molecule has 3 aromatic rings. The van der Waals surface area contributed by atoms with Crippen LogP contribution in [0.15, 0.2) is 54.6 Å². The molecule has 5 nitrogen and oxygen atoms in total. The first kappa shape index (κ1) is 19.5. The lowest BCUT2D eigenvalue weighted by molar-refractivity contribution is 0.262. The molecule has 28 heavy (non-hydrogen) atoms. The first-order valence-electron chi connectivity index (χ1n) is 9.28. The molecule has 0 radical (unpaired) electrons. The van der Waals surface area contributed by atoms with Crippen LogP contribution in [0.5, 0.6) is 0 Å². The summed E-state index contributed by atoms with van der Waals surface area (Å²) in [7, 11) is 0. The highest BCUT2D eigenvalue weighted by molar-refractivity contribution is 5.99. The van der Waals surface area contributed by atoms with E-state index in [1.807, 2.05) is 37.3 Å². The van der Waals surface area contributed by atoms with Crippen LogP contribution in [-0.4, -0.2) is 16.0 Å². The molecule has 0 spiro atoms. The maximum atomic E-state index is 12.9. The lowest BCUT2D eigenvalue weighted by atomic mass is 10.1. The summed E-state index contributed by atoms with van der Waals surface area (Å²) in [5, 5.41) is 5.42. The van der Waals surface area contributed by atoms with Crippen molar-refractivity contribution in [1.29, 1.82) is 0 Å². The first-order chi connectivity index (χ1) is 13.5. The van der Waals surface area contributed by atoms with Crippen molar-refractivity contribution in [2.45, 2.75) is 33.1 Å². The van der Waals surface area contributed by atoms with Gasteiger partial charge in [0, 0.05) is 35.6 Å². The second-order valence-corrected chi connectivity index (χ2v) is 6.63. The summed E-state index contributed by atoms with van der Waals surface area (Å²) >= 11 is 0. The van der Waals surface area contributed by atoms with Gasteiger partial charge in [-0.1, -0.05) is 19.1 Å². The van der Waals surface area contributed by atoms with Crippen LogP contribution in [0.1, 0.15) is 36.1 Å². The summed E-state index contributed by atoms with van der Waals surface area (Å²) in [6, 6.07) is 14.9. The number of aryl methyl sites for hydroxylation is 2. The predicted molar refractivity (Wildman–Crippen MR) is 109 cm³/mol. The average molecular weight is 378 g/mol. The molecule has 3 rings (SSSR count). The zero-order valence-corrected chi connectivity index (χ0v) is 16.0. The number of nitrogens with one attached hydrogen (secondary N) is 2. The topological polar surface area (TPSA) is 66.9 Å². The molecule has 0 aliphatic rings. The van der Waals surface area contributed by atoms with Crippen LogP contribution in [0, 0.1) is 12.7 Å². The molecule has 0 saturated carbocycles. The minimum absolute atomic E-state index is 0.345. The van der Waals surface area contributed by atoms with Crippen LogP contribution in [0.2, 0.25) is 0 Å². The summed E-state index contributed by atoms with van der Waals surface area (Å²) in [4.78, 5) is 21.1. The van der Waals surface area contributed by atoms with Gasteiger partial charge in [-0.05, 0) is 61.4 Å². The van der Waals surface area contributed by atoms with E-state index in [1.54, 1.807) is 0 Å². The number of amides is 2. The molecule has 144 valence electrons. The van der Waals surface area contributed by atoms with Crippen LogP contribution in [0.25, 0.3) is 0 Å². The molecule has 6 heteroatoms. The average Bonchev–Trinajstić information content (AvgIpc) is 2.65. The summed E-state index contributed by atoms with van der Waals surface area (Å²) in [5.41, 5.74) is 4.27. The number of benzene rings is 2. The van der Waals surface area contributed by atoms with Crippen molar-refractivity contribution in [3.05, 3.63) is 83.2 Å². The monoisotopic (exact) mass is 378 g/mol. The highest BCUT2D eigenvalue weighted by Gasteiger charge is 2.06. The molecule has 2 aromatic carbocycles. The summed E-state index contributed by atoms with van der Waals surface area (Å²) in [6.07, 6.45) is 2.60. The summed E-state index contributed by atoms with van der Waals surface area (Å²) in [5.74, 6) is 0.537. The van der Waals surface area contributed by atoms with Crippen molar-refractivity contribution in [3.63, 3.8) is 0 Å². The fourth-order valence-corrected chi connectivity index (χ4v) is 2.87. The molecule has 2 N–H and O–H groups in total. The zero-order valence-electron chi connectivity index (χ0n) is 16.0. The fourth-order valence-electron chi connectivity index (χ4n) is 2.87. The van der Waals surface area contributed by atoms with Crippen molar-refractivity contribution in [2.24, 2.45) is 0 Å². The van der Waals surface area contributed by atoms with E-state index in [-0.39, 0.29) is 11.8 Å². The Hall–Kier alpha value is -3.28. The molecular formula is C22H23FN4O. The largest absolute Gasteiger partial charge is 0.323 e. The minimum Gasteiger partial charge on any atom is -0.308 e. The number of carbonyl (C=O) groups is 1. The van der Waals surface area contributed by atoms with E-state index in [2.05, 4.69) is 27.5 Å².